The van der Waals surface area contributed by atoms with Crippen LogP contribution >= 0.6 is 0 Å². The predicted molar refractivity (Wildman–Crippen MR) is 0 cm³/mol. The molecule has 0 aromatic heterocycles. The van der Waals surface area contributed by atoms with Crippen LogP contribution in [0, 0.1) is 1120 Å². The van der Waals surface area contributed by atoms with Crippen molar-refractivity contribution < 1.29 is 1120 Å². The molecule has 0 atom stereocenters. The van der Waals surface area contributed by atoms with Crippen LogP contribution in [0.4, 0.5) is 0 Å². The Morgan fingerprint density at radius 2 is 0.0278 bits per heavy atom. The third-order valence-electron chi connectivity index (χ3n) is 0. The van der Waals surface area contributed by atoms with Crippen LogP contribution in [0.25, 0.3) is 0 Å². The van der Waals surface area contributed by atoms with Crippen LogP contribution in [0.1, 0.15) is 0 Å². The van der Waals surface area contributed by atoms with Gasteiger partial charge in [-0.2, -0.15) is 0 Å². The SMILES string of the molecule is [U].[U].[U].[U].[U].[U].[U].[U].[U].[U].[U].[U].[U].[U].[U].[U].[U].[U].[U].[U].[U].[U].[U].[U].[U].[U].[U].[U].[U].[U].[U].[U].[U].[U].[U].[U]. The zero-order valence-electron chi connectivity index (χ0n) is 18.0. The van der Waals surface area contributed by atoms with Crippen molar-refractivity contribution in [3.8, 4) is 0 Å². The van der Waals surface area contributed by atoms with Gasteiger partial charge in [-0.05, 0) is 0 Å². The molecule has 0 spiro atoms. The van der Waals surface area contributed by atoms with Crippen molar-refractivity contribution in [3.05, 3.63) is 0 Å². The Labute approximate surface area is 1080 Å². The van der Waals surface area contributed by atoms with Gasteiger partial charge in [-0.25, -0.2) is 0 Å². The van der Waals surface area contributed by atoms with E-state index in [1.807, 2.05) is 0 Å². The van der Waals surface area contributed by atoms with Crippen molar-refractivity contribution in [2.24, 2.45) is 0 Å². The minimum absolute atomic E-state index is 0. The minimum Gasteiger partial charge on any atom is 0 e. The average Bonchev–Trinajstić information content (AvgIpc) is 0. The molecule has 0 unspecified atom stereocenters. The van der Waals surface area contributed by atoms with Crippen molar-refractivity contribution in [1.82, 2.24) is 0 Å². The van der Waals surface area contributed by atoms with Crippen LogP contribution < -0.4 is 0 Å². The molecule has 0 fully saturated rings. The van der Waals surface area contributed by atoms with Crippen molar-refractivity contribution in [2.45, 2.75) is 0 Å². The second-order valence-corrected chi connectivity index (χ2v) is 0. The van der Waals surface area contributed by atoms with Crippen LogP contribution in [0.5, 0.6) is 0 Å². The molecule has 0 radical (unpaired) electrons. The van der Waals surface area contributed by atoms with E-state index >= 15 is 0 Å². The summed E-state index contributed by atoms with van der Waals surface area (Å²) in [5, 5.41) is 0. The first kappa shape index (κ1) is 274. The molecule has 0 saturated heterocycles. The maximum absolute atomic E-state index is 0. The van der Waals surface area contributed by atoms with Gasteiger partial charge >= 0.3 is 0 Å². The van der Waals surface area contributed by atoms with Gasteiger partial charge in [-0.15, -0.1) is 0 Å². The molecule has 0 aliphatic heterocycles. The topological polar surface area (TPSA) is 0 Å². The maximum atomic E-state index is 0. The fraction of sp³-hybridized carbons (Fsp3) is 0. The van der Waals surface area contributed by atoms with E-state index in [-0.39, 0.29) is 1120 Å². The van der Waals surface area contributed by atoms with Gasteiger partial charge in [0.25, 0.3) is 0 Å². The first-order valence-corrected chi connectivity index (χ1v) is 0. The Hall–Kier alpha value is 37.9. The summed E-state index contributed by atoms with van der Waals surface area (Å²) >= 11 is 0. The molecule has 0 aliphatic carbocycles. The van der Waals surface area contributed by atoms with E-state index in [0.717, 1.165) is 0 Å². The number of rotatable bonds is 0. The maximum Gasteiger partial charge on any atom is 0 e. The van der Waals surface area contributed by atoms with Crippen molar-refractivity contribution in [3.63, 3.8) is 0 Å². The van der Waals surface area contributed by atoms with Crippen LogP contribution in [-0.4, -0.2) is 0 Å². The summed E-state index contributed by atoms with van der Waals surface area (Å²) in [6.45, 7) is 0. The fourth-order valence-corrected chi connectivity index (χ4v) is 0. The second kappa shape index (κ2) is 262. The molecular formula is U36. The zero-order chi connectivity index (χ0) is 0. The van der Waals surface area contributed by atoms with Crippen molar-refractivity contribution >= 4 is 0 Å². The third-order valence-corrected chi connectivity index (χ3v) is 0. The van der Waals surface area contributed by atoms with E-state index in [2.05, 4.69) is 0 Å². The smallest absolute Gasteiger partial charge is 0 e. The first-order valence-electron chi connectivity index (χ1n) is 0. The molecule has 0 rings (SSSR count). The fourth-order valence-electron chi connectivity index (χ4n) is 0. The van der Waals surface area contributed by atoms with Crippen LogP contribution in [0.3, 0.4) is 0 Å². The quantitative estimate of drug-likeness (QED) is 0.321. The Morgan fingerprint density at radius 3 is 0.0278 bits per heavy atom. The summed E-state index contributed by atoms with van der Waals surface area (Å²) < 4.78 is 0. The largest absolute Gasteiger partial charge is 0 e. The second-order valence-electron chi connectivity index (χ2n) is 0. The summed E-state index contributed by atoms with van der Waals surface area (Å²) in [6, 6.07) is 0. The standard InChI is InChI=1S/36U. The molecule has 0 nitrogen and oxygen atoms in total. The van der Waals surface area contributed by atoms with Gasteiger partial charge < -0.3 is 0 Å². The molecule has 0 saturated carbocycles. The van der Waals surface area contributed by atoms with E-state index in [1.54, 1.807) is 0 Å². The zero-order valence-corrected chi connectivity index (χ0v) is 168. The van der Waals surface area contributed by atoms with Gasteiger partial charge in [0.05, 0.1) is 0 Å². The van der Waals surface area contributed by atoms with Crippen LogP contribution in [-0.2, 0) is 0 Å². The summed E-state index contributed by atoms with van der Waals surface area (Å²) in [5.74, 6) is 0. The predicted octanol–water partition coefficient (Wildman–Crippen LogP) is 0. The summed E-state index contributed by atoms with van der Waals surface area (Å²) in [6.07, 6.45) is 0. The molecule has 0 aromatic rings. The molecule has 0 amide bonds. The van der Waals surface area contributed by atoms with Crippen molar-refractivity contribution in [2.75, 3.05) is 0 Å². The Kier molecular flexibility index (Phi) is 1990. The van der Waals surface area contributed by atoms with Gasteiger partial charge in [-0.3, -0.25) is 0 Å². The number of hydrogen-bond acceptors (Lipinski definition) is 0. The molecule has 0 bridgehead atoms. The van der Waals surface area contributed by atoms with E-state index in [4.69, 9.17) is 0 Å². The van der Waals surface area contributed by atoms with Gasteiger partial charge in [0.1, 0.15) is 0 Å². The average molecular weight is 8570 g/mol. The molecule has 0 aromatic carbocycles. The number of hydrogen-bond donors (Lipinski definition) is 0. The van der Waals surface area contributed by atoms with Gasteiger partial charge in [0.15, 0.2) is 0 Å². The summed E-state index contributed by atoms with van der Waals surface area (Å²) in [7, 11) is 0. The molecule has 36 heteroatoms. The van der Waals surface area contributed by atoms with E-state index in [1.165, 1.54) is 0 Å². The van der Waals surface area contributed by atoms with Crippen molar-refractivity contribution in [1.29, 1.82) is 0 Å². The minimum atomic E-state index is 0. The molecule has 36 heavy (non-hydrogen) atoms. The summed E-state index contributed by atoms with van der Waals surface area (Å²) in [5.41, 5.74) is 0. The van der Waals surface area contributed by atoms with Gasteiger partial charge in [-0.1, -0.05) is 0 Å². The van der Waals surface area contributed by atoms with E-state index in [0.29, 0.717) is 0 Å². The third kappa shape index (κ3) is 252. The normalized spacial score (nSPS) is 0. The van der Waals surface area contributed by atoms with Crippen LogP contribution in [0.15, 0.2) is 0 Å². The molecule has 0 aliphatic rings. The first-order chi connectivity index (χ1) is 0. The Morgan fingerprint density at radius 1 is 0.0278 bits per heavy atom. The molecule has 144 valence electrons. The molecular weight excluding hydrogens is 8570 g/mol. The Bertz CT molecular complexity index is 0. The molecule has 0 heterocycles. The van der Waals surface area contributed by atoms with E-state index in [9.17, 15) is 0 Å². The van der Waals surface area contributed by atoms with E-state index < -0.39 is 0 Å². The summed E-state index contributed by atoms with van der Waals surface area (Å²) in [4.78, 5) is 0. The Balaban J connectivity index is 0. The van der Waals surface area contributed by atoms with Gasteiger partial charge in [0.2, 0.25) is 0 Å². The molecule has 0 N–H and O–H groups in total. The monoisotopic (exact) mass is 8570 g/mol. The van der Waals surface area contributed by atoms with Gasteiger partial charge in [0, 0.05) is 1120 Å². The van der Waals surface area contributed by atoms with Crippen LogP contribution in [0.2, 0.25) is 0 Å².